The Hall–Kier alpha value is -0.920. The molecule has 0 N–H and O–H groups in total. The summed E-state index contributed by atoms with van der Waals surface area (Å²) in [7, 11) is 0. The number of aromatic nitrogens is 2. The summed E-state index contributed by atoms with van der Waals surface area (Å²) in [4.78, 5) is 8.47. The molecule has 0 unspecified atom stereocenters. The number of hydrogen-bond donors (Lipinski definition) is 0. The summed E-state index contributed by atoms with van der Waals surface area (Å²) < 4.78 is 0. The second-order valence-electron chi connectivity index (χ2n) is 4.19. The number of hydrogen-bond acceptors (Lipinski definition) is 2. The van der Waals surface area contributed by atoms with Crippen LogP contribution in [-0.4, -0.2) is 9.97 Å². The van der Waals surface area contributed by atoms with Gasteiger partial charge in [-0.3, -0.25) is 0 Å². The van der Waals surface area contributed by atoms with Crippen molar-refractivity contribution in [2.45, 2.75) is 33.6 Å². The molecule has 2 nitrogen and oxygen atoms in total. The molecule has 0 aromatic carbocycles. The SMILES string of the molecule is C[C@@H](c1ncccn1)C(C)(C)C. The first-order valence-corrected chi connectivity index (χ1v) is 4.28. The molecule has 1 rings (SSSR count). The Bertz CT molecular complexity index is 236. The van der Waals surface area contributed by atoms with Gasteiger partial charge in [0.2, 0.25) is 0 Å². The minimum absolute atomic E-state index is 0.237. The summed E-state index contributed by atoms with van der Waals surface area (Å²) in [6.07, 6.45) is 3.59. The molecular weight excluding hydrogens is 148 g/mol. The minimum Gasteiger partial charge on any atom is -0.241 e. The molecule has 1 aromatic rings. The molecule has 0 saturated carbocycles. The Balaban J connectivity index is 2.86. The molecule has 1 heterocycles. The fourth-order valence-corrected chi connectivity index (χ4v) is 0.922. The molecule has 0 aliphatic carbocycles. The van der Waals surface area contributed by atoms with E-state index in [0.29, 0.717) is 5.92 Å². The highest BCUT2D eigenvalue weighted by Crippen LogP contribution is 2.31. The highest BCUT2D eigenvalue weighted by molar-refractivity contribution is 4.99. The van der Waals surface area contributed by atoms with E-state index in [-0.39, 0.29) is 5.41 Å². The molecule has 0 radical (unpaired) electrons. The third-order valence-corrected chi connectivity index (χ3v) is 2.27. The first-order chi connectivity index (χ1) is 5.52. The largest absolute Gasteiger partial charge is 0.241 e. The lowest BCUT2D eigenvalue weighted by Gasteiger charge is -2.25. The van der Waals surface area contributed by atoms with Crippen LogP contribution in [0.25, 0.3) is 0 Å². The lowest BCUT2D eigenvalue weighted by Crippen LogP contribution is -2.17. The van der Waals surface area contributed by atoms with Gasteiger partial charge in [0.15, 0.2) is 0 Å². The molecule has 0 spiro atoms. The van der Waals surface area contributed by atoms with E-state index in [1.54, 1.807) is 12.4 Å². The third kappa shape index (κ3) is 2.03. The lowest BCUT2D eigenvalue weighted by atomic mass is 9.81. The molecule has 0 aliphatic heterocycles. The van der Waals surface area contributed by atoms with Crippen molar-refractivity contribution in [3.63, 3.8) is 0 Å². The van der Waals surface area contributed by atoms with Crippen molar-refractivity contribution in [2.75, 3.05) is 0 Å². The molecule has 12 heavy (non-hydrogen) atoms. The van der Waals surface area contributed by atoms with Crippen LogP contribution in [0.15, 0.2) is 18.5 Å². The normalized spacial score (nSPS) is 14.3. The zero-order valence-corrected chi connectivity index (χ0v) is 8.20. The van der Waals surface area contributed by atoms with Gasteiger partial charge in [0.25, 0.3) is 0 Å². The van der Waals surface area contributed by atoms with Crippen LogP contribution < -0.4 is 0 Å². The quantitative estimate of drug-likeness (QED) is 0.637. The summed E-state index contributed by atoms with van der Waals surface area (Å²) >= 11 is 0. The predicted molar refractivity (Wildman–Crippen MR) is 49.9 cm³/mol. The highest BCUT2D eigenvalue weighted by atomic mass is 14.9. The van der Waals surface area contributed by atoms with E-state index in [1.165, 1.54) is 0 Å². The minimum atomic E-state index is 0.237. The van der Waals surface area contributed by atoms with Crippen LogP contribution in [0.2, 0.25) is 0 Å². The maximum absolute atomic E-state index is 4.23. The Labute approximate surface area is 74.1 Å². The smallest absolute Gasteiger partial charge is 0.131 e. The monoisotopic (exact) mass is 164 g/mol. The predicted octanol–water partition coefficient (Wildman–Crippen LogP) is 2.63. The van der Waals surface area contributed by atoms with E-state index in [4.69, 9.17) is 0 Å². The van der Waals surface area contributed by atoms with E-state index in [1.807, 2.05) is 6.07 Å². The van der Waals surface area contributed by atoms with Crippen LogP contribution >= 0.6 is 0 Å². The van der Waals surface area contributed by atoms with Gasteiger partial charge in [0, 0.05) is 18.3 Å². The average molecular weight is 164 g/mol. The molecule has 2 heteroatoms. The van der Waals surface area contributed by atoms with Crippen LogP contribution in [0.4, 0.5) is 0 Å². The van der Waals surface area contributed by atoms with E-state index in [9.17, 15) is 0 Å². The Morgan fingerprint density at radius 2 is 1.67 bits per heavy atom. The Kier molecular flexibility index (Phi) is 2.46. The summed E-state index contributed by atoms with van der Waals surface area (Å²) in [5.74, 6) is 1.34. The van der Waals surface area contributed by atoms with E-state index >= 15 is 0 Å². The van der Waals surface area contributed by atoms with Gasteiger partial charge in [-0.15, -0.1) is 0 Å². The van der Waals surface area contributed by atoms with Gasteiger partial charge >= 0.3 is 0 Å². The summed E-state index contributed by atoms with van der Waals surface area (Å²) in [5, 5.41) is 0. The van der Waals surface area contributed by atoms with Crippen LogP contribution in [0, 0.1) is 5.41 Å². The molecule has 0 amide bonds. The standard InChI is InChI=1S/C10H16N2/c1-8(10(2,3)4)9-11-6-5-7-12-9/h5-8H,1-4H3/t8-/m0/s1. The summed E-state index contributed by atoms with van der Waals surface area (Å²) in [5.41, 5.74) is 0.237. The van der Waals surface area contributed by atoms with Crippen LogP contribution in [0.5, 0.6) is 0 Å². The van der Waals surface area contributed by atoms with Gasteiger partial charge in [-0.1, -0.05) is 27.7 Å². The van der Waals surface area contributed by atoms with Crippen LogP contribution in [0.3, 0.4) is 0 Å². The Morgan fingerprint density at radius 1 is 1.17 bits per heavy atom. The van der Waals surface area contributed by atoms with E-state index in [2.05, 4.69) is 37.7 Å². The number of rotatable bonds is 1. The molecular formula is C10H16N2. The van der Waals surface area contributed by atoms with Gasteiger partial charge in [0.05, 0.1) is 0 Å². The van der Waals surface area contributed by atoms with Gasteiger partial charge in [0.1, 0.15) is 5.82 Å². The zero-order chi connectivity index (χ0) is 9.19. The van der Waals surface area contributed by atoms with Gasteiger partial charge in [-0.25, -0.2) is 9.97 Å². The average Bonchev–Trinajstić information content (AvgIpc) is 2.03. The Morgan fingerprint density at radius 3 is 2.08 bits per heavy atom. The second kappa shape index (κ2) is 3.21. The van der Waals surface area contributed by atoms with Crippen molar-refractivity contribution < 1.29 is 0 Å². The molecule has 0 bridgehead atoms. The first-order valence-electron chi connectivity index (χ1n) is 4.28. The van der Waals surface area contributed by atoms with Crippen molar-refractivity contribution in [3.8, 4) is 0 Å². The van der Waals surface area contributed by atoms with Gasteiger partial charge in [-0.2, -0.15) is 0 Å². The van der Waals surface area contributed by atoms with E-state index < -0.39 is 0 Å². The maximum atomic E-state index is 4.23. The van der Waals surface area contributed by atoms with Crippen LogP contribution in [-0.2, 0) is 0 Å². The van der Waals surface area contributed by atoms with Crippen molar-refractivity contribution in [1.82, 2.24) is 9.97 Å². The molecule has 0 saturated heterocycles. The maximum Gasteiger partial charge on any atom is 0.131 e. The summed E-state index contributed by atoms with van der Waals surface area (Å²) in [6.45, 7) is 8.77. The molecule has 66 valence electrons. The fraction of sp³-hybridized carbons (Fsp3) is 0.600. The van der Waals surface area contributed by atoms with Gasteiger partial charge in [-0.05, 0) is 11.5 Å². The lowest BCUT2D eigenvalue weighted by molar-refractivity contribution is 0.328. The van der Waals surface area contributed by atoms with E-state index in [0.717, 1.165) is 5.82 Å². The molecule has 1 aromatic heterocycles. The van der Waals surface area contributed by atoms with Crippen molar-refractivity contribution in [2.24, 2.45) is 5.41 Å². The first kappa shape index (κ1) is 9.17. The zero-order valence-electron chi connectivity index (χ0n) is 8.20. The second-order valence-corrected chi connectivity index (χ2v) is 4.19. The van der Waals surface area contributed by atoms with Crippen LogP contribution in [0.1, 0.15) is 39.4 Å². The van der Waals surface area contributed by atoms with Gasteiger partial charge < -0.3 is 0 Å². The summed E-state index contributed by atoms with van der Waals surface area (Å²) in [6, 6.07) is 1.85. The molecule has 1 atom stereocenters. The third-order valence-electron chi connectivity index (χ3n) is 2.27. The number of nitrogens with zero attached hydrogens (tertiary/aromatic N) is 2. The van der Waals surface area contributed by atoms with Crippen molar-refractivity contribution >= 4 is 0 Å². The highest BCUT2D eigenvalue weighted by Gasteiger charge is 2.23. The fourth-order valence-electron chi connectivity index (χ4n) is 0.922. The van der Waals surface area contributed by atoms with Crippen molar-refractivity contribution in [1.29, 1.82) is 0 Å². The molecule has 0 fully saturated rings. The molecule has 0 aliphatic rings. The van der Waals surface area contributed by atoms with Crippen molar-refractivity contribution in [3.05, 3.63) is 24.3 Å². The topological polar surface area (TPSA) is 25.8 Å².